The number of methoxy groups -OCH3 is 1. The monoisotopic (exact) mass is 625 g/mol. The second-order valence-corrected chi connectivity index (χ2v) is 13.5. The lowest BCUT2D eigenvalue weighted by atomic mass is 9.94. The number of halogens is 1. The Morgan fingerprint density at radius 3 is 2.35 bits per heavy atom. The summed E-state index contributed by atoms with van der Waals surface area (Å²) in [7, 11) is -2.33. The summed E-state index contributed by atoms with van der Waals surface area (Å²) in [5.74, 6) is -0.146. The number of aryl methyl sites for hydroxylation is 1. The molecule has 8 nitrogen and oxygen atoms in total. The van der Waals surface area contributed by atoms with Gasteiger partial charge < -0.3 is 15.0 Å². The summed E-state index contributed by atoms with van der Waals surface area (Å²) >= 11 is 6.24. The number of sulfonamides is 1. The van der Waals surface area contributed by atoms with E-state index in [0.717, 1.165) is 53.8 Å². The van der Waals surface area contributed by atoms with E-state index in [-0.39, 0.29) is 24.9 Å². The van der Waals surface area contributed by atoms with Crippen molar-refractivity contribution in [2.75, 3.05) is 24.2 Å². The van der Waals surface area contributed by atoms with Crippen molar-refractivity contribution in [3.05, 3.63) is 94.5 Å². The molecule has 1 saturated carbocycles. The van der Waals surface area contributed by atoms with Gasteiger partial charge in [0.25, 0.3) is 0 Å². The van der Waals surface area contributed by atoms with Gasteiger partial charge in [0.2, 0.25) is 21.8 Å². The molecule has 1 fully saturated rings. The number of nitrogens with zero attached hydrogens (tertiary/aromatic N) is 2. The Morgan fingerprint density at radius 1 is 0.977 bits per heavy atom. The Bertz CT molecular complexity index is 1510. The number of hydrogen-bond acceptors (Lipinski definition) is 5. The molecule has 0 radical (unpaired) electrons. The maximum Gasteiger partial charge on any atom is 0.244 e. The molecule has 0 heterocycles. The van der Waals surface area contributed by atoms with E-state index >= 15 is 0 Å². The maximum absolute atomic E-state index is 14.3. The Morgan fingerprint density at radius 2 is 1.67 bits per heavy atom. The zero-order valence-corrected chi connectivity index (χ0v) is 26.5. The zero-order chi connectivity index (χ0) is 31.0. The van der Waals surface area contributed by atoms with Gasteiger partial charge in [-0.1, -0.05) is 79.4 Å². The second kappa shape index (κ2) is 14.8. The third kappa shape index (κ3) is 8.97. The molecule has 0 aliphatic heterocycles. The molecule has 43 heavy (non-hydrogen) atoms. The molecule has 1 atom stereocenters. The van der Waals surface area contributed by atoms with E-state index in [1.54, 1.807) is 32.2 Å². The van der Waals surface area contributed by atoms with Gasteiger partial charge >= 0.3 is 0 Å². The van der Waals surface area contributed by atoms with Crippen molar-refractivity contribution in [1.29, 1.82) is 0 Å². The van der Waals surface area contributed by atoms with Gasteiger partial charge in [-0.05, 0) is 60.7 Å². The lowest BCUT2D eigenvalue weighted by Crippen LogP contribution is -2.55. The Labute approximate surface area is 260 Å². The molecular formula is C33H40ClN3O5S. The fourth-order valence-corrected chi connectivity index (χ4v) is 6.58. The maximum atomic E-state index is 14.3. The van der Waals surface area contributed by atoms with Crippen LogP contribution >= 0.6 is 11.6 Å². The summed E-state index contributed by atoms with van der Waals surface area (Å²) in [5, 5.41) is 3.56. The second-order valence-electron chi connectivity index (χ2n) is 11.1. The van der Waals surface area contributed by atoms with Gasteiger partial charge in [0.05, 0.1) is 19.1 Å². The molecule has 0 spiro atoms. The fraction of sp³-hybridized carbons (Fsp3) is 0.394. The largest absolute Gasteiger partial charge is 0.497 e. The molecule has 4 rings (SSSR count). The molecular weight excluding hydrogens is 586 g/mol. The lowest BCUT2D eigenvalue weighted by Gasteiger charge is -2.35. The molecule has 1 aliphatic rings. The van der Waals surface area contributed by atoms with Crippen molar-refractivity contribution in [1.82, 2.24) is 10.2 Å². The average Bonchev–Trinajstić information content (AvgIpc) is 2.99. The predicted octanol–water partition coefficient (Wildman–Crippen LogP) is 5.51. The smallest absolute Gasteiger partial charge is 0.244 e. The van der Waals surface area contributed by atoms with Crippen LogP contribution in [0.5, 0.6) is 5.75 Å². The standard InChI is InChI=1S/C33H40ClN3O5S/c1-24-17-18-27(34)21-30(24)37(43(3,40)41)23-32(38)36(22-26-13-10-16-29(19-26)42-2)31(20-25-11-6-4-7-12-25)33(39)35-28-14-8-5-9-15-28/h4,6-7,10-13,16-19,21,28,31H,5,8-9,14-15,20,22-23H2,1-3H3,(H,35,39)/t31-/m0/s1. The van der Waals surface area contributed by atoms with Gasteiger partial charge in [0, 0.05) is 24.0 Å². The number of carbonyl (C=O) groups is 2. The lowest BCUT2D eigenvalue weighted by molar-refractivity contribution is -0.140. The minimum Gasteiger partial charge on any atom is -0.497 e. The van der Waals surface area contributed by atoms with Crippen molar-refractivity contribution in [2.45, 2.75) is 64.1 Å². The van der Waals surface area contributed by atoms with Crippen LogP contribution in [0.3, 0.4) is 0 Å². The molecule has 3 aromatic carbocycles. The number of ether oxygens (including phenoxy) is 1. The number of rotatable bonds is 12. The van der Waals surface area contributed by atoms with Crippen LogP contribution in [0.1, 0.15) is 48.8 Å². The molecule has 10 heteroatoms. The molecule has 0 saturated heterocycles. The van der Waals surface area contributed by atoms with Gasteiger partial charge in [-0.2, -0.15) is 0 Å². The predicted molar refractivity (Wildman–Crippen MR) is 171 cm³/mol. The molecule has 230 valence electrons. The first-order chi connectivity index (χ1) is 20.5. The summed E-state index contributed by atoms with van der Waals surface area (Å²) in [5.41, 5.74) is 2.61. The van der Waals surface area contributed by atoms with E-state index in [1.807, 2.05) is 48.5 Å². The van der Waals surface area contributed by atoms with E-state index in [0.29, 0.717) is 22.0 Å². The van der Waals surface area contributed by atoms with Crippen molar-refractivity contribution >= 4 is 39.1 Å². The Balaban J connectivity index is 1.75. The van der Waals surface area contributed by atoms with Crippen LogP contribution in [0.2, 0.25) is 5.02 Å². The van der Waals surface area contributed by atoms with Crippen LogP contribution in [-0.2, 0) is 32.6 Å². The number of anilines is 1. The topological polar surface area (TPSA) is 96.0 Å². The van der Waals surface area contributed by atoms with Crippen LogP contribution in [0.4, 0.5) is 5.69 Å². The highest BCUT2D eigenvalue weighted by Crippen LogP contribution is 2.27. The van der Waals surface area contributed by atoms with Crippen LogP contribution in [0, 0.1) is 6.92 Å². The van der Waals surface area contributed by atoms with Gasteiger partial charge in [0.15, 0.2) is 0 Å². The van der Waals surface area contributed by atoms with Crippen molar-refractivity contribution in [3.8, 4) is 5.75 Å². The normalized spacial score (nSPS) is 14.5. The van der Waals surface area contributed by atoms with E-state index in [1.165, 1.54) is 11.0 Å². The van der Waals surface area contributed by atoms with Crippen LogP contribution in [0.15, 0.2) is 72.8 Å². The highest BCUT2D eigenvalue weighted by molar-refractivity contribution is 7.92. The number of nitrogens with one attached hydrogen (secondary N) is 1. The van der Waals surface area contributed by atoms with Crippen molar-refractivity contribution in [2.24, 2.45) is 0 Å². The fourth-order valence-electron chi connectivity index (χ4n) is 5.51. The van der Waals surface area contributed by atoms with E-state index in [4.69, 9.17) is 16.3 Å². The zero-order valence-electron chi connectivity index (χ0n) is 25.0. The van der Waals surface area contributed by atoms with Gasteiger partial charge in [-0.15, -0.1) is 0 Å². The van der Waals surface area contributed by atoms with E-state index < -0.39 is 28.5 Å². The van der Waals surface area contributed by atoms with Crippen molar-refractivity contribution in [3.63, 3.8) is 0 Å². The third-order valence-corrected chi connectivity index (χ3v) is 9.19. The highest BCUT2D eigenvalue weighted by Gasteiger charge is 2.34. The SMILES string of the molecule is COc1cccc(CN(C(=O)CN(c2cc(Cl)ccc2C)S(C)(=O)=O)[C@@H](Cc2ccccc2)C(=O)NC2CCCCC2)c1. The molecule has 2 amide bonds. The number of benzene rings is 3. The van der Waals surface area contributed by atoms with Gasteiger partial charge in [-0.3, -0.25) is 13.9 Å². The molecule has 1 N–H and O–H groups in total. The van der Waals surface area contributed by atoms with E-state index in [9.17, 15) is 18.0 Å². The third-order valence-electron chi connectivity index (χ3n) is 7.83. The first-order valence-electron chi connectivity index (χ1n) is 14.6. The van der Waals surface area contributed by atoms with E-state index in [2.05, 4.69) is 5.32 Å². The first-order valence-corrected chi connectivity index (χ1v) is 16.8. The van der Waals surface area contributed by atoms with Crippen LogP contribution in [-0.4, -0.2) is 57.1 Å². The summed E-state index contributed by atoms with van der Waals surface area (Å²) < 4.78 is 32.6. The Kier molecular flexibility index (Phi) is 11.1. The molecule has 0 aromatic heterocycles. The highest BCUT2D eigenvalue weighted by atomic mass is 35.5. The van der Waals surface area contributed by atoms with Crippen LogP contribution < -0.4 is 14.4 Å². The summed E-state index contributed by atoms with van der Waals surface area (Å²) in [6.45, 7) is 1.35. The minimum absolute atomic E-state index is 0.0370. The minimum atomic E-state index is -3.89. The molecule has 1 aliphatic carbocycles. The number of carbonyl (C=O) groups excluding carboxylic acids is 2. The quantitative estimate of drug-likeness (QED) is 0.286. The number of hydrogen-bond donors (Lipinski definition) is 1. The number of amides is 2. The van der Waals surface area contributed by atoms with Crippen molar-refractivity contribution < 1.29 is 22.7 Å². The summed E-state index contributed by atoms with van der Waals surface area (Å²) in [4.78, 5) is 29.9. The Hall–Kier alpha value is -3.56. The molecule has 0 unspecified atom stereocenters. The molecule has 0 bridgehead atoms. The molecule has 3 aromatic rings. The van der Waals surface area contributed by atoms with Gasteiger partial charge in [-0.25, -0.2) is 8.42 Å². The van der Waals surface area contributed by atoms with Crippen LogP contribution in [0.25, 0.3) is 0 Å². The summed E-state index contributed by atoms with van der Waals surface area (Å²) in [6.07, 6.45) is 6.35. The summed E-state index contributed by atoms with van der Waals surface area (Å²) in [6, 6.07) is 20.9. The first kappa shape index (κ1) is 32.4. The average molecular weight is 626 g/mol. The van der Waals surface area contributed by atoms with Gasteiger partial charge in [0.1, 0.15) is 18.3 Å².